The number of carbonyl (C=O) groups excluding carboxylic acids is 2. The molecule has 0 atom stereocenters. The highest BCUT2D eigenvalue weighted by molar-refractivity contribution is 6.55. The van der Waals surface area contributed by atoms with Gasteiger partial charge in [-0.15, -0.1) is 0 Å². The largest absolute Gasteiger partial charge is 0.302 e. The maximum Gasteiger partial charge on any atom is 0.299 e. The van der Waals surface area contributed by atoms with Gasteiger partial charge in [-0.25, -0.2) is 4.39 Å². The van der Waals surface area contributed by atoms with Gasteiger partial charge in [-0.05, 0) is 18.6 Å². The van der Waals surface area contributed by atoms with Crippen LogP contribution in [0.15, 0.2) is 12.1 Å². The Bertz CT molecular complexity index is 530. The van der Waals surface area contributed by atoms with Crippen LogP contribution in [-0.2, 0) is 4.79 Å². The SMILES string of the molecule is CCCCCCN1C(=O)C(=O)c2c(Cl)ccc(F)c21. The summed E-state index contributed by atoms with van der Waals surface area (Å²) in [5.41, 5.74) is 0.0427. The van der Waals surface area contributed by atoms with Crippen LogP contribution in [0.4, 0.5) is 10.1 Å². The average Bonchev–Trinajstić information content (AvgIpc) is 2.65. The quantitative estimate of drug-likeness (QED) is 0.612. The first-order valence-corrected chi connectivity index (χ1v) is 6.80. The summed E-state index contributed by atoms with van der Waals surface area (Å²) < 4.78 is 13.8. The van der Waals surface area contributed by atoms with Gasteiger partial charge in [0.2, 0.25) is 0 Å². The predicted molar refractivity (Wildman–Crippen MR) is 72.2 cm³/mol. The number of carbonyl (C=O) groups is 2. The van der Waals surface area contributed by atoms with Crippen molar-refractivity contribution in [1.82, 2.24) is 0 Å². The van der Waals surface area contributed by atoms with Gasteiger partial charge in [0.05, 0.1) is 16.3 Å². The summed E-state index contributed by atoms with van der Waals surface area (Å²) in [6.45, 7) is 2.44. The van der Waals surface area contributed by atoms with Gasteiger partial charge in [0.1, 0.15) is 5.82 Å². The highest BCUT2D eigenvalue weighted by Gasteiger charge is 2.39. The third-order valence-corrected chi connectivity index (χ3v) is 3.56. The summed E-state index contributed by atoms with van der Waals surface area (Å²) in [5.74, 6) is -1.97. The van der Waals surface area contributed by atoms with E-state index < -0.39 is 17.5 Å². The molecule has 5 heteroatoms. The smallest absolute Gasteiger partial charge is 0.299 e. The molecule has 1 aromatic carbocycles. The van der Waals surface area contributed by atoms with Gasteiger partial charge in [0, 0.05) is 6.54 Å². The number of Topliss-reactive ketones (excluding diaryl/α,β-unsaturated/α-hetero) is 1. The van der Waals surface area contributed by atoms with Crippen molar-refractivity contribution in [2.45, 2.75) is 32.6 Å². The second-order valence-electron chi connectivity index (χ2n) is 4.60. The van der Waals surface area contributed by atoms with Gasteiger partial charge < -0.3 is 4.90 Å². The van der Waals surface area contributed by atoms with Gasteiger partial charge >= 0.3 is 0 Å². The van der Waals surface area contributed by atoms with E-state index in [2.05, 4.69) is 6.92 Å². The Hall–Kier alpha value is -1.42. The summed E-state index contributed by atoms with van der Waals surface area (Å²) in [5, 5.41) is 0.130. The Morgan fingerprint density at radius 3 is 2.63 bits per heavy atom. The third kappa shape index (κ3) is 2.50. The number of anilines is 1. The molecule has 19 heavy (non-hydrogen) atoms. The first kappa shape index (κ1) is 14.0. The summed E-state index contributed by atoms with van der Waals surface area (Å²) in [6, 6.07) is 2.49. The Labute approximate surface area is 116 Å². The molecule has 1 aliphatic rings. The van der Waals surface area contributed by atoms with Gasteiger partial charge in [-0.3, -0.25) is 9.59 Å². The number of fused-ring (bicyclic) bond motifs is 1. The van der Waals surface area contributed by atoms with Crippen molar-refractivity contribution >= 4 is 29.0 Å². The standard InChI is InChI=1S/C14H15ClFNO2/c1-2-3-4-5-8-17-12-10(16)7-6-9(15)11(12)13(18)14(17)19/h6-7H,2-5,8H2,1H3. The fraction of sp³-hybridized carbons (Fsp3) is 0.429. The molecular formula is C14H15ClFNO2. The number of hydrogen-bond acceptors (Lipinski definition) is 2. The fourth-order valence-electron chi connectivity index (χ4n) is 2.26. The molecule has 1 heterocycles. The zero-order chi connectivity index (χ0) is 14.0. The molecule has 1 aromatic rings. The summed E-state index contributed by atoms with van der Waals surface area (Å²) >= 11 is 5.88. The Balaban J connectivity index is 2.26. The topological polar surface area (TPSA) is 37.4 Å². The van der Waals surface area contributed by atoms with Crippen molar-refractivity contribution < 1.29 is 14.0 Å². The van der Waals surface area contributed by atoms with Crippen molar-refractivity contribution in [1.29, 1.82) is 0 Å². The molecule has 1 amide bonds. The molecule has 0 unspecified atom stereocenters. The van der Waals surface area contributed by atoms with Crippen molar-refractivity contribution in [3.05, 3.63) is 28.5 Å². The lowest BCUT2D eigenvalue weighted by Crippen LogP contribution is -2.31. The van der Waals surface area contributed by atoms with Gasteiger partial charge in [-0.2, -0.15) is 0 Å². The number of amides is 1. The van der Waals surface area contributed by atoms with E-state index in [1.807, 2.05) is 0 Å². The van der Waals surface area contributed by atoms with Gasteiger partial charge in [0.15, 0.2) is 0 Å². The zero-order valence-corrected chi connectivity index (χ0v) is 11.5. The second kappa shape index (κ2) is 5.70. The molecule has 0 saturated heterocycles. The molecule has 1 aliphatic heterocycles. The number of nitrogens with zero attached hydrogens (tertiary/aromatic N) is 1. The Morgan fingerprint density at radius 1 is 1.21 bits per heavy atom. The molecule has 0 radical (unpaired) electrons. The minimum atomic E-state index is -0.713. The number of rotatable bonds is 5. The predicted octanol–water partition coefficient (Wildman–Crippen LogP) is 3.59. The van der Waals surface area contributed by atoms with E-state index in [9.17, 15) is 14.0 Å². The van der Waals surface area contributed by atoms with Crippen molar-refractivity contribution in [2.24, 2.45) is 0 Å². The maximum absolute atomic E-state index is 13.8. The van der Waals surface area contributed by atoms with Crippen LogP contribution >= 0.6 is 11.6 Å². The van der Waals surface area contributed by atoms with Crippen LogP contribution in [0, 0.1) is 5.82 Å². The fourth-order valence-corrected chi connectivity index (χ4v) is 2.50. The molecule has 0 N–H and O–H groups in total. The highest BCUT2D eigenvalue weighted by atomic mass is 35.5. The molecule has 0 spiro atoms. The van der Waals surface area contributed by atoms with E-state index in [1.165, 1.54) is 17.0 Å². The van der Waals surface area contributed by atoms with Crippen molar-refractivity contribution in [2.75, 3.05) is 11.4 Å². The molecule has 0 bridgehead atoms. The molecule has 0 aliphatic carbocycles. The summed E-state index contributed by atoms with van der Waals surface area (Å²) in [4.78, 5) is 24.9. The lowest BCUT2D eigenvalue weighted by molar-refractivity contribution is -0.114. The Morgan fingerprint density at radius 2 is 1.95 bits per heavy atom. The number of halogens is 2. The first-order valence-electron chi connectivity index (χ1n) is 6.42. The molecule has 0 fully saturated rings. The molecule has 2 rings (SSSR count). The van der Waals surface area contributed by atoms with E-state index in [4.69, 9.17) is 11.6 Å². The van der Waals surface area contributed by atoms with Crippen LogP contribution in [0.1, 0.15) is 43.0 Å². The average molecular weight is 284 g/mol. The minimum Gasteiger partial charge on any atom is -0.302 e. The van der Waals surface area contributed by atoms with E-state index >= 15 is 0 Å². The van der Waals surface area contributed by atoms with Crippen LogP contribution in [0.5, 0.6) is 0 Å². The van der Waals surface area contributed by atoms with Crippen molar-refractivity contribution in [3.8, 4) is 0 Å². The lowest BCUT2D eigenvalue weighted by atomic mass is 10.1. The summed E-state index contributed by atoms with van der Waals surface area (Å²) in [7, 11) is 0. The van der Waals surface area contributed by atoms with E-state index in [0.717, 1.165) is 25.7 Å². The third-order valence-electron chi connectivity index (χ3n) is 3.25. The Kier molecular flexibility index (Phi) is 4.20. The minimum absolute atomic E-state index is 0.00200. The van der Waals surface area contributed by atoms with Crippen LogP contribution < -0.4 is 4.90 Å². The van der Waals surface area contributed by atoms with E-state index in [1.54, 1.807) is 0 Å². The monoisotopic (exact) mass is 283 g/mol. The van der Waals surface area contributed by atoms with E-state index in [-0.39, 0.29) is 16.3 Å². The highest BCUT2D eigenvalue weighted by Crippen LogP contribution is 2.36. The molecule has 102 valence electrons. The molecular weight excluding hydrogens is 269 g/mol. The van der Waals surface area contributed by atoms with Gasteiger partial charge in [-0.1, -0.05) is 37.8 Å². The second-order valence-corrected chi connectivity index (χ2v) is 5.01. The number of ketones is 1. The summed E-state index contributed by atoms with van der Waals surface area (Å²) in [6.07, 6.45) is 3.83. The maximum atomic E-state index is 13.8. The van der Waals surface area contributed by atoms with Crippen LogP contribution in [-0.4, -0.2) is 18.2 Å². The van der Waals surface area contributed by atoms with E-state index in [0.29, 0.717) is 6.54 Å². The first-order chi connectivity index (χ1) is 9.07. The number of unbranched alkanes of at least 4 members (excludes halogenated alkanes) is 3. The van der Waals surface area contributed by atoms with Gasteiger partial charge in [0.25, 0.3) is 11.7 Å². The number of benzene rings is 1. The van der Waals surface area contributed by atoms with Crippen LogP contribution in [0.25, 0.3) is 0 Å². The van der Waals surface area contributed by atoms with Crippen LogP contribution in [0.3, 0.4) is 0 Å². The molecule has 0 saturated carbocycles. The molecule has 0 aromatic heterocycles. The lowest BCUT2D eigenvalue weighted by Gasteiger charge is -2.16. The number of hydrogen-bond donors (Lipinski definition) is 0. The molecule has 3 nitrogen and oxygen atoms in total. The normalized spacial score (nSPS) is 14.2. The van der Waals surface area contributed by atoms with Crippen LogP contribution in [0.2, 0.25) is 5.02 Å². The zero-order valence-electron chi connectivity index (χ0n) is 10.7. The van der Waals surface area contributed by atoms with Crippen molar-refractivity contribution in [3.63, 3.8) is 0 Å².